The average Bonchev–Trinajstić information content (AvgIpc) is 3.04. The number of hydrogen-bond acceptors (Lipinski definition) is 5. The zero-order valence-corrected chi connectivity index (χ0v) is 12.9. The van der Waals surface area contributed by atoms with Crippen LogP contribution in [0, 0.1) is 0 Å². The normalized spacial score (nSPS) is 18.4. The standard InChI is InChI=1S/C14H16N4O3S/c1-17-8-9(11(19)16-14(17)21)13(20)18-6-3-2-4-10(18)12-15-5-7-22-12/h5,7-8,10H,2-4,6H2,1H3,(H,16,19,21)/t10-/m1/s1. The van der Waals surface area contributed by atoms with Gasteiger partial charge in [-0.05, 0) is 19.3 Å². The number of thiazole rings is 1. The zero-order valence-electron chi connectivity index (χ0n) is 12.1. The molecule has 1 amide bonds. The molecule has 1 N–H and O–H groups in total. The Hall–Kier alpha value is -2.22. The molecule has 3 rings (SSSR count). The minimum absolute atomic E-state index is 0.00874. The molecule has 0 aromatic carbocycles. The molecule has 0 spiro atoms. The van der Waals surface area contributed by atoms with Crippen molar-refractivity contribution in [1.82, 2.24) is 19.4 Å². The lowest BCUT2D eigenvalue weighted by Gasteiger charge is -2.34. The van der Waals surface area contributed by atoms with Crippen LogP contribution in [0.25, 0.3) is 0 Å². The molecule has 2 aromatic heterocycles. The predicted molar refractivity (Wildman–Crippen MR) is 82.0 cm³/mol. The number of nitrogens with one attached hydrogen (secondary N) is 1. The number of carbonyl (C=O) groups is 1. The Bertz CT molecular complexity index is 793. The smallest absolute Gasteiger partial charge is 0.328 e. The summed E-state index contributed by atoms with van der Waals surface area (Å²) in [6.45, 7) is 0.589. The molecule has 0 aliphatic carbocycles. The van der Waals surface area contributed by atoms with E-state index in [0.717, 1.165) is 24.3 Å². The van der Waals surface area contributed by atoms with Gasteiger partial charge in [-0.15, -0.1) is 11.3 Å². The van der Waals surface area contributed by atoms with Gasteiger partial charge in [-0.1, -0.05) is 0 Å². The van der Waals surface area contributed by atoms with Crippen molar-refractivity contribution in [3.05, 3.63) is 49.2 Å². The summed E-state index contributed by atoms with van der Waals surface area (Å²) in [5.74, 6) is -0.350. The van der Waals surface area contributed by atoms with Gasteiger partial charge in [-0.3, -0.25) is 14.6 Å². The second kappa shape index (κ2) is 5.88. The van der Waals surface area contributed by atoms with Gasteiger partial charge >= 0.3 is 5.69 Å². The summed E-state index contributed by atoms with van der Waals surface area (Å²) in [6, 6.07) is -0.0992. The quantitative estimate of drug-likeness (QED) is 0.890. The van der Waals surface area contributed by atoms with E-state index in [1.165, 1.54) is 29.1 Å². The molecule has 0 unspecified atom stereocenters. The summed E-state index contributed by atoms with van der Waals surface area (Å²) in [6.07, 6.45) is 5.78. The van der Waals surface area contributed by atoms with E-state index < -0.39 is 11.2 Å². The molecule has 1 fully saturated rings. The Morgan fingerprint density at radius 3 is 2.95 bits per heavy atom. The molecule has 8 heteroatoms. The third-order valence-corrected chi connectivity index (χ3v) is 4.72. The van der Waals surface area contributed by atoms with Crippen molar-refractivity contribution in [3.63, 3.8) is 0 Å². The first-order valence-electron chi connectivity index (χ1n) is 7.08. The largest absolute Gasteiger partial charge is 0.329 e. The topological polar surface area (TPSA) is 88.1 Å². The predicted octanol–water partition coefficient (Wildman–Crippen LogP) is 0.897. The van der Waals surface area contributed by atoms with E-state index in [-0.39, 0.29) is 17.5 Å². The van der Waals surface area contributed by atoms with Gasteiger partial charge in [0.1, 0.15) is 10.6 Å². The summed E-state index contributed by atoms with van der Waals surface area (Å²) in [7, 11) is 1.50. The molecule has 1 aliphatic rings. The van der Waals surface area contributed by atoms with Gasteiger partial charge in [-0.2, -0.15) is 0 Å². The Morgan fingerprint density at radius 1 is 1.41 bits per heavy atom. The maximum atomic E-state index is 12.8. The molecule has 7 nitrogen and oxygen atoms in total. The number of likely N-dealkylation sites (tertiary alicyclic amines) is 1. The van der Waals surface area contributed by atoms with Crippen LogP contribution in [-0.2, 0) is 7.05 Å². The molecular formula is C14H16N4O3S. The summed E-state index contributed by atoms with van der Waals surface area (Å²) in [5, 5.41) is 2.76. The van der Waals surface area contributed by atoms with Crippen molar-refractivity contribution in [2.75, 3.05) is 6.54 Å². The van der Waals surface area contributed by atoms with Crippen LogP contribution in [0.2, 0.25) is 0 Å². The fourth-order valence-corrected chi connectivity index (χ4v) is 3.49. The third-order valence-electron chi connectivity index (χ3n) is 3.84. The van der Waals surface area contributed by atoms with E-state index in [4.69, 9.17) is 0 Å². The van der Waals surface area contributed by atoms with Crippen LogP contribution in [0.5, 0.6) is 0 Å². The first kappa shape index (κ1) is 14.7. The lowest BCUT2D eigenvalue weighted by atomic mass is 10.0. The molecule has 1 aliphatic heterocycles. The van der Waals surface area contributed by atoms with Crippen molar-refractivity contribution in [1.29, 1.82) is 0 Å². The lowest BCUT2D eigenvalue weighted by Crippen LogP contribution is -2.42. The minimum Gasteiger partial charge on any atom is -0.329 e. The van der Waals surface area contributed by atoms with Crippen LogP contribution in [0.3, 0.4) is 0 Å². The number of aromatic nitrogens is 3. The van der Waals surface area contributed by atoms with Gasteiger partial charge < -0.3 is 9.47 Å². The average molecular weight is 320 g/mol. The van der Waals surface area contributed by atoms with Crippen LogP contribution < -0.4 is 11.2 Å². The van der Waals surface area contributed by atoms with Gasteiger partial charge in [0.2, 0.25) is 0 Å². The summed E-state index contributed by atoms with van der Waals surface area (Å²) < 4.78 is 1.21. The number of aromatic amines is 1. The number of piperidine rings is 1. The second-order valence-electron chi connectivity index (χ2n) is 5.29. The molecule has 0 saturated carbocycles. The van der Waals surface area contributed by atoms with Crippen LogP contribution in [0.1, 0.15) is 40.7 Å². The van der Waals surface area contributed by atoms with E-state index in [9.17, 15) is 14.4 Å². The summed E-state index contributed by atoms with van der Waals surface area (Å²) >= 11 is 1.51. The molecule has 1 saturated heterocycles. The highest BCUT2D eigenvalue weighted by atomic mass is 32.1. The second-order valence-corrected chi connectivity index (χ2v) is 6.22. The monoisotopic (exact) mass is 320 g/mol. The van der Waals surface area contributed by atoms with Crippen molar-refractivity contribution in [2.45, 2.75) is 25.3 Å². The number of H-pyrrole nitrogens is 1. The minimum atomic E-state index is -0.642. The van der Waals surface area contributed by atoms with Crippen molar-refractivity contribution < 1.29 is 4.79 Å². The zero-order chi connectivity index (χ0) is 15.7. The number of carbonyl (C=O) groups excluding carboxylic acids is 1. The van der Waals surface area contributed by atoms with E-state index in [1.807, 2.05) is 5.38 Å². The highest BCUT2D eigenvalue weighted by Crippen LogP contribution is 2.32. The number of nitrogens with zero attached hydrogens (tertiary/aromatic N) is 3. The fraction of sp³-hybridized carbons (Fsp3) is 0.429. The van der Waals surface area contributed by atoms with Crippen LogP contribution in [0.15, 0.2) is 27.4 Å². The maximum absolute atomic E-state index is 12.8. The molecule has 116 valence electrons. The third kappa shape index (κ3) is 2.61. The molecule has 0 radical (unpaired) electrons. The van der Waals surface area contributed by atoms with E-state index in [1.54, 1.807) is 11.1 Å². The molecular weight excluding hydrogens is 304 g/mol. The Kier molecular flexibility index (Phi) is 3.93. The lowest BCUT2D eigenvalue weighted by molar-refractivity contribution is 0.0608. The highest BCUT2D eigenvalue weighted by Gasteiger charge is 2.31. The van der Waals surface area contributed by atoms with Gasteiger partial charge in [0.15, 0.2) is 0 Å². The molecule has 22 heavy (non-hydrogen) atoms. The van der Waals surface area contributed by atoms with Crippen molar-refractivity contribution >= 4 is 17.2 Å². The molecule has 0 bridgehead atoms. The maximum Gasteiger partial charge on any atom is 0.328 e. The first-order valence-corrected chi connectivity index (χ1v) is 7.96. The van der Waals surface area contributed by atoms with E-state index >= 15 is 0 Å². The molecule has 2 aromatic rings. The summed E-state index contributed by atoms with van der Waals surface area (Å²) in [4.78, 5) is 44.3. The van der Waals surface area contributed by atoms with Gasteiger partial charge in [0.25, 0.3) is 11.5 Å². The van der Waals surface area contributed by atoms with Crippen molar-refractivity contribution in [3.8, 4) is 0 Å². The number of rotatable bonds is 2. The first-order chi connectivity index (χ1) is 10.6. The van der Waals surface area contributed by atoms with Crippen molar-refractivity contribution in [2.24, 2.45) is 7.05 Å². The molecule has 3 heterocycles. The molecule has 1 atom stereocenters. The number of aryl methyl sites for hydroxylation is 1. The Labute approximate surface area is 130 Å². The van der Waals surface area contributed by atoms with E-state index in [0.29, 0.717) is 6.54 Å². The van der Waals surface area contributed by atoms with E-state index in [2.05, 4.69) is 9.97 Å². The highest BCUT2D eigenvalue weighted by molar-refractivity contribution is 7.09. The van der Waals surface area contributed by atoms with Gasteiger partial charge in [0, 0.05) is 31.4 Å². The Balaban J connectivity index is 1.98. The van der Waals surface area contributed by atoms with Gasteiger partial charge in [0.05, 0.1) is 6.04 Å². The number of hydrogen-bond donors (Lipinski definition) is 1. The van der Waals surface area contributed by atoms with Crippen LogP contribution >= 0.6 is 11.3 Å². The Morgan fingerprint density at radius 2 is 2.23 bits per heavy atom. The SMILES string of the molecule is Cn1cc(C(=O)N2CCCC[C@@H]2c2nccs2)c(=O)[nH]c1=O. The van der Waals surface area contributed by atoms with Crippen LogP contribution in [-0.4, -0.2) is 31.9 Å². The van der Waals surface area contributed by atoms with Gasteiger partial charge in [-0.25, -0.2) is 9.78 Å². The van der Waals surface area contributed by atoms with Crippen LogP contribution in [0.4, 0.5) is 0 Å². The fourth-order valence-electron chi connectivity index (χ4n) is 2.70. The summed E-state index contributed by atoms with van der Waals surface area (Å²) in [5.41, 5.74) is -1.18. The number of amides is 1.